The predicted octanol–water partition coefficient (Wildman–Crippen LogP) is 4.26. The molecular weight excluding hydrogens is 314 g/mol. The maximum absolute atomic E-state index is 6.17. The molecule has 1 aromatic rings. The van der Waals surface area contributed by atoms with E-state index in [1.807, 2.05) is 25.2 Å². The third-order valence-corrected chi connectivity index (χ3v) is 5.06. The van der Waals surface area contributed by atoms with Crippen LogP contribution in [0.25, 0.3) is 0 Å². The van der Waals surface area contributed by atoms with E-state index in [0.29, 0.717) is 11.1 Å². The zero-order valence-corrected chi connectivity index (χ0v) is 13.3. The molecule has 1 saturated carbocycles. The minimum atomic E-state index is 0.181. The maximum Gasteiger partial charge on any atom is 0.139 e. The zero-order chi connectivity index (χ0) is 13.3. The van der Waals surface area contributed by atoms with Crippen LogP contribution < -0.4 is 10.1 Å². The quantitative estimate of drug-likeness (QED) is 0.889. The topological polar surface area (TPSA) is 21.3 Å². The van der Waals surface area contributed by atoms with Gasteiger partial charge in [0.05, 0.1) is 5.02 Å². The van der Waals surface area contributed by atoms with Gasteiger partial charge in [-0.3, -0.25) is 0 Å². The van der Waals surface area contributed by atoms with Crippen molar-refractivity contribution in [2.24, 2.45) is 5.41 Å². The van der Waals surface area contributed by atoms with Crippen molar-refractivity contribution in [3.63, 3.8) is 0 Å². The van der Waals surface area contributed by atoms with Gasteiger partial charge in [-0.2, -0.15) is 0 Å². The fourth-order valence-electron chi connectivity index (χ4n) is 2.64. The molecule has 0 radical (unpaired) electrons. The van der Waals surface area contributed by atoms with Crippen LogP contribution in [-0.4, -0.2) is 19.2 Å². The molecule has 0 saturated heterocycles. The summed E-state index contributed by atoms with van der Waals surface area (Å²) >= 11 is 9.61. The van der Waals surface area contributed by atoms with E-state index in [1.165, 1.54) is 0 Å². The normalized spacial score (nSPS) is 30.9. The molecule has 0 aliphatic heterocycles. The summed E-state index contributed by atoms with van der Waals surface area (Å²) in [5.41, 5.74) is 0.181. The molecule has 0 bridgehead atoms. The van der Waals surface area contributed by atoms with Crippen LogP contribution in [0.2, 0.25) is 5.02 Å². The van der Waals surface area contributed by atoms with Crippen LogP contribution in [0.4, 0.5) is 0 Å². The monoisotopic (exact) mass is 331 g/mol. The van der Waals surface area contributed by atoms with Crippen LogP contribution >= 0.6 is 27.5 Å². The first-order chi connectivity index (χ1) is 8.51. The first-order valence-electron chi connectivity index (χ1n) is 6.30. The van der Waals surface area contributed by atoms with Gasteiger partial charge < -0.3 is 10.1 Å². The van der Waals surface area contributed by atoms with Crippen LogP contribution in [-0.2, 0) is 0 Å². The van der Waals surface area contributed by atoms with Gasteiger partial charge >= 0.3 is 0 Å². The van der Waals surface area contributed by atoms with E-state index in [0.717, 1.165) is 23.1 Å². The summed E-state index contributed by atoms with van der Waals surface area (Å²) in [7, 11) is 2.01. The van der Waals surface area contributed by atoms with Gasteiger partial charge in [0.25, 0.3) is 0 Å². The molecule has 4 heteroatoms. The molecule has 0 amide bonds. The lowest BCUT2D eigenvalue weighted by Crippen LogP contribution is -2.62. The van der Waals surface area contributed by atoms with Crippen molar-refractivity contribution in [2.75, 3.05) is 7.05 Å². The van der Waals surface area contributed by atoms with E-state index in [9.17, 15) is 0 Å². The van der Waals surface area contributed by atoms with E-state index in [1.54, 1.807) is 0 Å². The molecule has 3 atom stereocenters. The average Bonchev–Trinajstić information content (AvgIpc) is 2.36. The standard InChI is InChI=1S/C14H19BrClNO/c1-4-14(2)12(17-3)8-13(14)18-11-7-9(15)5-6-10(11)16/h5-7,12-13,17H,4,8H2,1-3H3. The van der Waals surface area contributed by atoms with Crippen LogP contribution in [0.5, 0.6) is 5.75 Å². The summed E-state index contributed by atoms with van der Waals surface area (Å²) < 4.78 is 7.09. The molecular formula is C14H19BrClNO. The molecule has 2 rings (SSSR count). The second kappa shape index (κ2) is 5.40. The van der Waals surface area contributed by atoms with Gasteiger partial charge in [-0.15, -0.1) is 0 Å². The molecule has 18 heavy (non-hydrogen) atoms. The fraction of sp³-hybridized carbons (Fsp3) is 0.571. The number of hydrogen-bond acceptors (Lipinski definition) is 2. The van der Waals surface area contributed by atoms with Crippen LogP contribution in [0.3, 0.4) is 0 Å². The highest BCUT2D eigenvalue weighted by atomic mass is 79.9. The molecule has 0 spiro atoms. The molecule has 1 aromatic carbocycles. The maximum atomic E-state index is 6.17. The molecule has 100 valence electrons. The summed E-state index contributed by atoms with van der Waals surface area (Å²) in [6.45, 7) is 4.48. The number of halogens is 2. The summed E-state index contributed by atoms with van der Waals surface area (Å²) in [4.78, 5) is 0. The zero-order valence-electron chi connectivity index (χ0n) is 11.0. The van der Waals surface area contributed by atoms with E-state index < -0.39 is 0 Å². The molecule has 0 aromatic heterocycles. The number of ether oxygens (including phenoxy) is 1. The lowest BCUT2D eigenvalue weighted by molar-refractivity contribution is -0.0677. The molecule has 1 N–H and O–H groups in total. The van der Waals surface area contributed by atoms with Crippen molar-refractivity contribution in [2.45, 2.75) is 38.8 Å². The van der Waals surface area contributed by atoms with Crippen molar-refractivity contribution in [1.82, 2.24) is 5.32 Å². The molecule has 3 unspecified atom stereocenters. The van der Waals surface area contributed by atoms with E-state index in [4.69, 9.17) is 16.3 Å². The van der Waals surface area contributed by atoms with Gasteiger partial charge in [0.1, 0.15) is 11.9 Å². The van der Waals surface area contributed by atoms with Gasteiger partial charge in [0.15, 0.2) is 0 Å². The van der Waals surface area contributed by atoms with Crippen molar-refractivity contribution in [1.29, 1.82) is 0 Å². The summed E-state index contributed by atoms with van der Waals surface area (Å²) in [6.07, 6.45) is 2.35. The Morgan fingerprint density at radius 2 is 2.28 bits per heavy atom. The SMILES string of the molecule is CCC1(C)C(NC)CC1Oc1cc(Br)ccc1Cl. The summed E-state index contributed by atoms with van der Waals surface area (Å²) in [6, 6.07) is 6.24. The second-order valence-corrected chi connectivity index (χ2v) is 6.44. The first-order valence-corrected chi connectivity index (χ1v) is 7.47. The van der Waals surface area contributed by atoms with Crippen molar-refractivity contribution in [3.05, 3.63) is 27.7 Å². The van der Waals surface area contributed by atoms with Crippen LogP contribution in [0.15, 0.2) is 22.7 Å². The Labute approximate surface area is 122 Å². The Hall–Kier alpha value is -0.250. The summed E-state index contributed by atoms with van der Waals surface area (Å²) in [5, 5.41) is 4.03. The van der Waals surface area contributed by atoms with Gasteiger partial charge in [0.2, 0.25) is 0 Å². The molecule has 0 heterocycles. The largest absolute Gasteiger partial charge is 0.488 e. The van der Waals surface area contributed by atoms with Crippen LogP contribution in [0.1, 0.15) is 26.7 Å². The average molecular weight is 333 g/mol. The highest BCUT2D eigenvalue weighted by Crippen LogP contribution is 2.46. The summed E-state index contributed by atoms with van der Waals surface area (Å²) in [5.74, 6) is 0.769. The van der Waals surface area contributed by atoms with Gasteiger partial charge in [-0.1, -0.05) is 41.4 Å². The minimum absolute atomic E-state index is 0.181. The smallest absolute Gasteiger partial charge is 0.139 e. The second-order valence-electron chi connectivity index (χ2n) is 5.12. The Morgan fingerprint density at radius 1 is 1.56 bits per heavy atom. The van der Waals surface area contributed by atoms with E-state index in [-0.39, 0.29) is 11.5 Å². The highest BCUT2D eigenvalue weighted by Gasteiger charge is 2.51. The van der Waals surface area contributed by atoms with E-state index in [2.05, 4.69) is 35.1 Å². The molecule has 1 aliphatic rings. The minimum Gasteiger partial charge on any atom is -0.488 e. The van der Waals surface area contributed by atoms with Crippen molar-refractivity contribution in [3.8, 4) is 5.75 Å². The third kappa shape index (κ3) is 2.40. The fourth-order valence-corrected chi connectivity index (χ4v) is 3.14. The lowest BCUT2D eigenvalue weighted by Gasteiger charge is -2.53. The van der Waals surface area contributed by atoms with Crippen molar-refractivity contribution < 1.29 is 4.74 Å². The Kier molecular flexibility index (Phi) is 4.25. The Balaban J connectivity index is 2.13. The number of benzene rings is 1. The molecule has 2 nitrogen and oxygen atoms in total. The number of nitrogens with one attached hydrogen (secondary N) is 1. The van der Waals surface area contributed by atoms with Gasteiger partial charge in [-0.25, -0.2) is 0 Å². The van der Waals surface area contributed by atoms with Gasteiger partial charge in [-0.05, 0) is 31.7 Å². The third-order valence-electron chi connectivity index (χ3n) is 4.25. The first kappa shape index (κ1) is 14.2. The lowest BCUT2D eigenvalue weighted by atomic mass is 9.61. The van der Waals surface area contributed by atoms with Crippen molar-refractivity contribution >= 4 is 27.5 Å². The predicted molar refractivity (Wildman–Crippen MR) is 79.4 cm³/mol. The number of rotatable bonds is 4. The Bertz CT molecular complexity index is 440. The Morgan fingerprint density at radius 3 is 2.89 bits per heavy atom. The van der Waals surface area contributed by atoms with E-state index >= 15 is 0 Å². The molecule has 1 fully saturated rings. The number of hydrogen-bond donors (Lipinski definition) is 1. The van der Waals surface area contributed by atoms with Crippen LogP contribution in [0, 0.1) is 5.41 Å². The molecule has 1 aliphatic carbocycles. The highest BCUT2D eigenvalue weighted by molar-refractivity contribution is 9.10. The van der Waals surface area contributed by atoms with Gasteiger partial charge in [0, 0.05) is 22.4 Å².